The second-order valence-electron chi connectivity index (χ2n) is 4.89. The molecule has 0 aromatic heterocycles. The number of nitrogens with zero attached hydrogens (tertiary/aromatic N) is 3. The largest absolute Gasteiger partial charge is 0.382 e. The number of rotatable bonds is 6. The van der Waals surface area contributed by atoms with Gasteiger partial charge in [-0.1, -0.05) is 12.1 Å². The third-order valence-corrected chi connectivity index (χ3v) is 4.28. The van der Waals surface area contributed by atoms with Crippen molar-refractivity contribution in [2.24, 2.45) is 16.7 Å². The van der Waals surface area contributed by atoms with Crippen LogP contribution in [0.4, 0.5) is 0 Å². The van der Waals surface area contributed by atoms with Gasteiger partial charge in [-0.3, -0.25) is 0 Å². The molecule has 24 heavy (non-hydrogen) atoms. The fraction of sp³-hybridized carbons (Fsp3) is 0.125. The van der Waals surface area contributed by atoms with Crippen LogP contribution in [0.2, 0.25) is 0 Å². The Morgan fingerprint density at radius 3 is 2.42 bits per heavy atom. The minimum atomic E-state index is -1.24. The van der Waals surface area contributed by atoms with Gasteiger partial charge in [0, 0.05) is 5.56 Å². The minimum Gasteiger partial charge on any atom is -0.382 e. The van der Waals surface area contributed by atoms with E-state index in [-0.39, 0.29) is 5.84 Å². The van der Waals surface area contributed by atoms with E-state index in [1.165, 1.54) is 5.12 Å². The highest BCUT2D eigenvalue weighted by Gasteiger charge is 2.05. The second kappa shape index (κ2) is 8.21. The lowest BCUT2D eigenvalue weighted by molar-refractivity contribution is 0.290. The monoisotopic (exact) mass is 342 g/mol. The summed E-state index contributed by atoms with van der Waals surface area (Å²) in [5, 5.41) is 14.1. The van der Waals surface area contributed by atoms with Crippen LogP contribution in [0.25, 0.3) is 0 Å². The van der Waals surface area contributed by atoms with Gasteiger partial charge >= 0.3 is 0 Å². The number of amidine groups is 1. The Hall–Kier alpha value is -2.73. The maximum absolute atomic E-state index is 11.6. The summed E-state index contributed by atoms with van der Waals surface area (Å²) in [6, 6.07) is 16.0. The summed E-state index contributed by atoms with van der Waals surface area (Å²) in [7, 11) is 0.380. The SMILES string of the molecule is CNS(=O)c1ccc(/C(N)=N/N(N)Cc2ccc(C#N)cc2)cc1. The van der Waals surface area contributed by atoms with E-state index < -0.39 is 11.0 Å². The number of hydrogen-bond donors (Lipinski definition) is 3. The van der Waals surface area contributed by atoms with Crippen molar-refractivity contribution in [2.75, 3.05) is 7.05 Å². The predicted molar refractivity (Wildman–Crippen MR) is 93.5 cm³/mol. The average molecular weight is 342 g/mol. The normalized spacial score (nSPS) is 12.5. The van der Waals surface area contributed by atoms with Crippen molar-refractivity contribution in [1.29, 1.82) is 5.26 Å². The van der Waals surface area contributed by atoms with E-state index in [2.05, 4.69) is 15.9 Å². The molecule has 7 nitrogen and oxygen atoms in total. The van der Waals surface area contributed by atoms with Crippen LogP contribution in [-0.4, -0.2) is 22.2 Å². The molecule has 0 amide bonds. The van der Waals surface area contributed by atoms with Crippen LogP contribution in [-0.2, 0) is 17.5 Å². The third kappa shape index (κ3) is 4.63. The summed E-state index contributed by atoms with van der Waals surface area (Å²) >= 11 is 0. The first-order valence-electron chi connectivity index (χ1n) is 7.08. The Balaban J connectivity index is 2.05. The summed E-state index contributed by atoms with van der Waals surface area (Å²) in [5.74, 6) is 6.11. The van der Waals surface area contributed by atoms with Gasteiger partial charge in [0.25, 0.3) is 0 Å². The number of benzene rings is 2. The van der Waals surface area contributed by atoms with Crippen molar-refractivity contribution in [3.05, 3.63) is 65.2 Å². The van der Waals surface area contributed by atoms with Crippen molar-refractivity contribution in [3.8, 4) is 6.07 Å². The standard InChI is InChI=1S/C16H18N6OS/c1-20-24(23)15-8-6-14(7-9-15)16(18)21-22(19)11-13-4-2-12(10-17)3-5-13/h2-9,20H,11,19H2,1H3,(H2,18,21). The zero-order valence-corrected chi connectivity index (χ0v) is 14.0. The van der Waals surface area contributed by atoms with Gasteiger partial charge in [0.15, 0.2) is 5.84 Å². The van der Waals surface area contributed by atoms with Crippen LogP contribution in [0.15, 0.2) is 58.5 Å². The first-order chi connectivity index (χ1) is 11.5. The lowest BCUT2D eigenvalue weighted by atomic mass is 10.1. The number of hydrazone groups is 1. The van der Waals surface area contributed by atoms with E-state index >= 15 is 0 Å². The number of nitriles is 1. The molecule has 0 bridgehead atoms. The van der Waals surface area contributed by atoms with E-state index in [1.807, 2.05) is 12.1 Å². The summed E-state index contributed by atoms with van der Waals surface area (Å²) in [4.78, 5) is 0.649. The van der Waals surface area contributed by atoms with Gasteiger partial charge in [-0.2, -0.15) is 5.26 Å². The van der Waals surface area contributed by atoms with Crippen LogP contribution >= 0.6 is 0 Å². The maximum Gasteiger partial charge on any atom is 0.152 e. The third-order valence-electron chi connectivity index (χ3n) is 3.21. The molecule has 1 atom stereocenters. The number of nitrogens with two attached hydrogens (primary N) is 2. The Morgan fingerprint density at radius 1 is 1.25 bits per heavy atom. The zero-order chi connectivity index (χ0) is 17.5. The fourth-order valence-corrected chi connectivity index (χ4v) is 2.59. The maximum atomic E-state index is 11.6. The minimum absolute atomic E-state index is 0.257. The molecular formula is C16H18N6OS. The number of nitrogens with one attached hydrogen (secondary N) is 1. The molecule has 2 aromatic rings. The van der Waals surface area contributed by atoms with E-state index in [0.717, 1.165) is 5.56 Å². The van der Waals surface area contributed by atoms with Gasteiger partial charge in [-0.25, -0.2) is 19.9 Å². The zero-order valence-electron chi connectivity index (χ0n) is 13.1. The molecular weight excluding hydrogens is 324 g/mol. The first-order valence-corrected chi connectivity index (χ1v) is 8.23. The van der Waals surface area contributed by atoms with Crippen LogP contribution in [0.1, 0.15) is 16.7 Å². The highest BCUT2D eigenvalue weighted by Crippen LogP contribution is 2.09. The molecule has 0 spiro atoms. The van der Waals surface area contributed by atoms with Crippen molar-refractivity contribution in [1.82, 2.24) is 9.84 Å². The Kier molecular flexibility index (Phi) is 6.03. The Labute approximate surface area is 143 Å². The summed E-state index contributed by atoms with van der Waals surface area (Å²) in [6.45, 7) is 0.355. The molecule has 0 heterocycles. The van der Waals surface area contributed by atoms with Crippen LogP contribution in [0.5, 0.6) is 0 Å². The molecule has 0 radical (unpaired) electrons. The van der Waals surface area contributed by atoms with Crippen LogP contribution in [0, 0.1) is 11.3 Å². The van der Waals surface area contributed by atoms with E-state index in [9.17, 15) is 4.21 Å². The van der Waals surface area contributed by atoms with Crippen molar-refractivity contribution in [3.63, 3.8) is 0 Å². The molecule has 1 unspecified atom stereocenters. The second-order valence-corrected chi connectivity index (χ2v) is 6.31. The van der Waals surface area contributed by atoms with Crippen molar-refractivity contribution < 1.29 is 4.21 Å². The molecule has 0 aliphatic carbocycles. The van der Waals surface area contributed by atoms with E-state index in [1.54, 1.807) is 43.4 Å². The topological polar surface area (TPSA) is 121 Å². The van der Waals surface area contributed by atoms with Gasteiger partial charge in [0.05, 0.1) is 23.1 Å². The fourth-order valence-electron chi connectivity index (χ4n) is 1.97. The molecule has 8 heteroatoms. The van der Waals surface area contributed by atoms with Gasteiger partial charge < -0.3 is 5.73 Å². The molecule has 2 rings (SSSR count). The lowest BCUT2D eigenvalue weighted by Gasteiger charge is -2.14. The molecule has 0 aliphatic rings. The van der Waals surface area contributed by atoms with Crippen LogP contribution < -0.4 is 16.3 Å². The van der Waals surface area contributed by atoms with Crippen molar-refractivity contribution >= 4 is 16.8 Å². The smallest absolute Gasteiger partial charge is 0.152 e. The molecule has 2 aromatic carbocycles. The van der Waals surface area contributed by atoms with Gasteiger partial charge in [-0.15, -0.1) is 5.10 Å². The van der Waals surface area contributed by atoms with Gasteiger partial charge in [0.1, 0.15) is 11.0 Å². The molecule has 0 saturated carbocycles. The van der Waals surface area contributed by atoms with Crippen molar-refractivity contribution in [2.45, 2.75) is 11.4 Å². The average Bonchev–Trinajstić information content (AvgIpc) is 2.61. The molecule has 0 aliphatic heterocycles. The molecule has 0 fully saturated rings. The van der Waals surface area contributed by atoms with Gasteiger partial charge in [-0.05, 0) is 49.0 Å². The van der Waals surface area contributed by atoms with Crippen LogP contribution in [0.3, 0.4) is 0 Å². The number of hydrogen-bond acceptors (Lipinski definition) is 5. The molecule has 0 saturated heterocycles. The van der Waals surface area contributed by atoms with E-state index in [4.69, 9.17) is 16.8 Å². The quantitative estimate of drug-likeness (QED) is 0.310. The highest BCUT2D eigenvalue weighted by atomic mass is 32.2. The molecule has 124 valence electrons. The summed E-state index contributed by atoms with van der Waals surface area (Å²) in [5.41, 5.74) is 8.13. The van der Waals surface area contributed by atoms with Gasteiger partial charge in [0.2, 0.25) is 0 Å². The summed E-state index contributed by atoms with van der Waals surface area (Å²) < 4.78 is 14.3. The Morgan fingerprint density at radius 2 is 1.88 bits per heavy atom. The predicted octanol–water partition coefficient (Wildman–Crippen LogP) is 0.796. The number of hydrazine groups is 1. The molecule has 5 N–H and O–H groups in total. The highest BCUT2D eigenvalue weighted by molar-refractivity contribution is 7.83. The van der Waals surface area contributed by atoms with E-state index in [0.29, 0.717) is 22.6 Å². The Bertz CT molecular complexity index is 780. The summed E-state index contributed by atoms with van der Waals surface area (Å²) in [6.07, 6.45) is 0. The lowest BCUT2D eigenvalue weighted by Crippen LogP contribution is -2.29. The first kappa shape index (κ1) is 17.6.